The molecule has 0 spiro atoms. The molecule has 3 aromatic carbocycles. The molecule has 0 radical (unpaired) electrons. The van der Waals surface area contributed by atoms with E-state index in [0.29, 0.717) is 47.4 Å². The van der Waals surface area contributed by atoms with Crippen LogP contribution in [-0.4, -0.2) is 81.8 Å². The molecule has 3 aliphatic heterocycles. The maximum atomic E-state index is 14.2. The lowest BCUT2D eigenvalue weighted by Crippen LogP contribution is -2.47. The van der Waals surface area contributed by atoms with Gasteiger partial charge >= 0.3 is 7.82 Å². The molecule has 1 saturated carbocycles. The number of aryl methyl sites for hydroxylation is 1. The van der Waals surface area contributed by atoms with Crippen molar-refractivity contribution in [2.75, 3.05) is 43.4 Å². The summed E-state index contributed by atoms with van der Waals surface area (Å²) in [5, 5.41) is 12.9. The van der Waals surface area contributed by atoms with Crippen molar-refractivity contribution in [3.63, 3.8) is 0 Å². The number of aromatic nitrogens is 2. The first-order valence-electron chi connectivity index (χ1n) is 22.8. The monoisotopic (exact) mass is 973 g/mol. The number of hydrogen-bond donors (Lipinski definition) is 2. The summed E-state index contributed by atoms with van der Waals surface area (Å²) in [4.78, 5) is 53.3. The lowest BCUT2D eigenvalue weighted by molar-refractivity contribution is -0.385. The Hall–Kier alpha value is -4.93. The second kappa shape index (κ2) is 20.3. The van der Waals surface area contributed by atoms with Crippen LogP contribution in [-0.2, 0) is 32.1 Å². The van der Waals surface area contributed by atoms with E-state index in [1.807, 2.05) is 12.1 Å². The number of anilines is 1. The number of benzene rings is 3. The van der Waals surface area contributed by atoms with Gasteiger partial charge in [0.15, 0.2) is 15.6 Å². The number of nitro groups is 1. The minimum atomic E-state index is -4.87. The largest absolute Gasteiger partial charge is 0.471 e. The SMILES string of the molecule is CC1(C)CCC(CN2CCN(c3ccc(C(=O)CS(=O)(=O)c4ccc(CCC5CCCCC5)c([N+](=O)[O-])c4)c(Oc4cc5ccnc-5n(COP(=O)(O)O)c4)c3)CC2)=C(c2ccc(Cl)cc2)C1. The molecular formula is C49H57ClN5O10PS. The van der Waals surface area contributed by atoms with Crippen LogP contribution in [0.5, 0.6) is 11.5 Å². The molecule has 3 aromatic rings. The van der Waals surface area contributed by atoms with Crippen molar-refractivity contribution in [3.05, 3.63) is 123 Å². The second-order valence-electron chi connectivity index (χ2n) is 18.9. The van der Waals surface area contributed by atoms with Crippen LogP contribution in [0.15, 0.2) is 95.7 Å². The fraction of sp³-hybridized carbons (Fsp3) is 0.429. The van der Waals surface area contributed by atoms with Gasteiger partial charge in [-0.05, 0) is 97.0 Å². The highest BCUT2D eigenvalue weighted by molar-refractivity contribution is 7.92. The molecular weight excluding hydrogens is 917 g/mol. The maximum absolute atomic E-state index is 14.2. The van der Waals surface area contributed by atoms with E-state index in [2.05, 4.69) is 40.8 Å². The van der Waals surface area contributed by atoms with Gasteiger partial charge in [-0.15, -0.1) is 0 Å². The normalized spacial score (nSPS) is 17.5. The van der Waals surface area contributed by atoms with Crippen LogP contribution in [0.3, 0.4) is 0 Å². The van der Waals surface area contributed by atoms with Gasteiger partial charge in [-0.1, -0.05) is 81.3 Å². The number of ketones is 1. The summed E-state index contributed by atoms with van der Waals surface area (Å²) in [7, 11) is -9.24. The van der Waals surface area contributed by atoms with Crippen molar-refractivity contribution in [3.8, 4) is 22.9 Å². The molecule has 2 fully saturated rings. The Bertz CT molecular complexity index is 2780. The number of carbonyl (C=O) groups is 1. The molecule has 1 saturated heterocycles. The van der Waals surface area contributed by atoms with E-state index in [1.165, 1.54) is 58.3 Å². The molecule has 67 heavy (non-hydrogen) atoms. The summed E-state index contributed by atoms with van der Waals surface area (Å²) in [5.74, 6) is -0.717. The minimum Gasteiger partial charge on any atom is -0.455 e. The van der Waals surface area contributed by atoms with Gasteiger partial charge in [0.1, 0.15) is 29.8 Å². The van der Waals surface area contributed by atoms with Crippen molar-refractivity contribution in [1.82, 2.24) is 14.5 Å². The predicted octanol–water partition coefficient (Wildman–Crippen LogP) is 10.4. The number of sulfone groups is 1. The number of allylic oxidation sites excluding steroid dienone is 1. The van der Waals surface area contributed by atoms with Crippen LogP contribution in [0.4, 0.5) is 11.4 Å². The van der Waals surface area contributed by atoms with Crippen molar-refractivity contribution in [2.24, 2.45) is 11.3 Å². The number of Topliss-reactive ketones (excluding diaryl/α,β-unsaturated/α-hetero) is 1. The number of halogens is 1. The summed E-state index contributed by atoms with van der Waals surface area (Å²) >= 11 is 6.25. The molecule has 2 N–H and O–H groups in total. The fourth-order valence-electron chi connectivity index (χ4n) is 9.72. The molecule has 2 aliphatic carbocycles. The lowest BCUT2D eigenvalue weighted by atomic mass is 9.72. The molecule has 15 nitrogen and oxygen atoms in total. The smallest absolute Gasteiger partial charge is 0.455 e. The molecule has 0 aromatic heterocycles. The first-order valence-corrected chi connectivity index (χ1v) is 26.4. The van der Waals surface area contributed by atoms with Gasteiger partial charge in [0.05, 0.1) is 21.6 Å². The average molecular weight is 975 g/mol. The molecule has 0 atom stereocenters. The van der Waals surface area contributed by atoms with Crippen molar-refractivity contribution in [2.45, 2.75) is 89.7 Å². The summed E-state index contributed by atoms with van der Waals surface area (Å²) in [6.45, 7) is 7.76. The van der Waals surface area contributed by atoms with Crippen LogP contribution in [0.2, 0.25) is 5.02 Å². The topological polar surface area (TPSA) is 195 Å². The second-order valence-corrected chi connectivity index (χ2v) is 22.5. The highest BCUT2D eigenvalue weighted by Crippen LogP contribution is 2.44. The fourth-order valence-corrected chi connectivity index (χ4v) is 11.4. The molecule has 0 bridgehead atoms. The number of phosphoric ester groups is 1. The highest BCUT2D eigenvalue weighted by atomic mass is 35.5. The number of fused-ring (bicyclic) bond motifs is 1. The third-order valence-electron chi connectivity index (χ3n) is 13.4. The Morgan fingerprint density at radius 2 is 1.72 bits per heavy atom. The minimum absolute atomic E-state index is 0.0369. The van der Waals surface area contributed by atoms with Crippen molar-refractivity contribution in [1.29, 1.82) is 0 Å². The van der Waals surface area contributed by atoms with E-state index in [-0.39, 0.29) is 33.1 Å². The predicted molar refractivity (Wildman–Crippen MR) is 258 cm³/mol. The Morgan fingerprint density at radius 3 is 2.43 bits per heavy atom. The van der Waals surface area contributed by atoms with Crippen LogP contribution < -0.4 is 9.64 Å². The number of rotatable bonds is 17. The third kappa shape index (κ3) is 12.2. The Kier molecular flexibility index (Phi) is 14.7. The van der Waals surface area contributed by atoms with Crippen molar-refractivity contribution >= 4 is 52.0 Å². The standard InChI is InChI=1S/C49H57ClN5O10PS/c1-49(2)20-18-38(44(29-49)35-10-13-39(50)14-11-35)30-52-22-24-53(25-23-52)40-15-17-43(47(27-40)65-41-26-37-19-21-51-48(37)54(31-41)33-64-66(59,60)61)46(56)32-67(62,63)42-16-12-36(45(28-42)55(57)58)9-8-34-6-4-3-5-7-34/h10-17,19,21,26-28,31,34H,3-9,18,20,22-25,29-30,32-33H2,1-2H3,(H2,59,60,61). The van der Waals surface area contributed by atoms with E-state index in [9.17, 15) is 37.7 Å². The number of pyridine rings is 1. The highest BCUT2D eigenvalue weighted by Gasteiger charge is 2.31. The number of ether oxygens (including phenoxy) is 1. The quantitative estimate of drug-likeness (QED) is 0.0387. The van der Waals surface area contributed by atoms with E-state index in [0.717, 1.165) is 82.8 Å². The Morgan fingerprint density at radius 1 is 0.970 bits per heavy atom. The lowest BCUT2D eigenvalue weighted by Gasteiger charge is -2.39. The molecule has 8 rings (SSSR count). The summed E-state index contributed by atoms with van der Waals surface area (Å²) < 4.78 is 52.1. The van der Waals surface area contributed by atoms with Gasteiger partial charge in [0, 0.05) is 72.9 Å². The molecule has 356 valence electrons. The molecule has 3 heterocycles. The molecule has 0 unspecified atom stereocenters. The number of nitrogens with zero attached hydrogens (tertiary/aromatic N) is 5. The Balaban J connectivity index is 1.05. The number of piperazine rings is 1. The average Bonchev–Trinajstić information content (AvgIpc) is 3.77. The van der Waals surface area contributed by atoms with Gasteiger partial charge in [-0.25, -0.2) is 18.0 Å². The number of hydrogen-bond acceptors (Lipinski definition) is 11. The van der Waals surface area contributed by atoms with Gasteiger partial charge in [-0.2, -0.15) is 0 Å². The zero-order valence-electron chi connectivity index (χ0n) is 37.8. The van der Waals surface area contributed by atoms with E-state index in [1.54, 1.807) is 24.3 Å². The summed E-state index contributed by atoms with van der Waals surface area (Å²) in [6.07, 6.45) is 12.9. The maximum Gasteiger partial charge on any atom is 0.471 e. The number of phosphoric acid groups is 1. The number of nitro benzene ring substituents is 1. The summed E-state index contributed by atoms with van der Waals surface area (Å²) in [6, 6.07) is 20.3. The molecule has 0 amide bonds. The first kappa shape index (κ1) is 48.5. The van der Waals surface area contributed by atoms with Crippen LogP contribution in [0.1, 0.15) is 93.1 Å². The van der Waals surface area contributed by atoms with Gasteiger partial charge in [0.2, 0.25) is 0 Å². The molecule has 18 heteroatoms. The van der Waals surface area contributed by atoms with Gasteiger partial charge < -0.3 is 24.0 Å². The Labute approximate surface area is 396 Å². The van der Waals surface area contributed by atoms with Crippen LogP contribution in [0.25, 0.3) is 17.0 Å². The van der Waals surface area contributed by atoms with Gasteiger partial charge in [-0.3, -0.25) is 24.3 Å². The zero-order valence-corrected chi connectivity index (χ0v) is 40.3. The summed E-state index contributed by atoms with van der Waals surface area (Å²) in [5.41, 5.74) is 5.64. The van der Waals surface area contributed by atoms with E-state index < -0.39 is 40.9 Å². The van der Waals surface area contributed by atoms with Gasteiger partial charge in [0.25, 0.3) is 5.69 Å². The van der Waals surface area contributed by atoms with Crippen molar-refractivity contribution < 1.29 is 41.7 Å². The first-order chi connectivity index (χ1) is 31.9. The van der Waals surface area contributed by atoms with Crippen LogP contribution in [0, 0.1) is 21.4 Å². The zero-order chi connectivity index (χ0) is 47.5. The molecule has 5 aliphatic rings. The van der Waals surface area contributed by atoms with E-state index in [4.69, 9.17) is 20.9 Å². The number of carbonyl (C=O) groups excluding carboxylic acids is 1. The van der Waals surface area contributed by atoms with Crippen LogP contribution >= 0.6 is 19.4 Å². The third-order valence-corrected chi connectivity index (χ3v) is 15.7. The van der Waals surface area contributed by atoms with E-state index >= 15 is 0 Å².